The van der Waals surface area contributed by atoms with Crippen molar-refractivity contribution < 1.29 is 40.7 Å². The first kappa shape index (κ1) is 34.2. The predicted molar refractivity (Wildman–Crippen MR) is 162 cm³/mol. The van der Waals surface area contributed by atoms with Gasteiger partial charge in [-0.05, 0) is 104 Å². The van der Waals surface area contributed by atoms with Gasteiger partial charge in [-0.3, -0.25) is 9.59 Å². The van der Waals surface area contributed by atoms with Crippen LogP contribution in [0.15, 0.2) is 11.6 Å². The SMILES string of the molecule is CC(=O)O[C@H]1CC[C@@]2(C)C(CC[C@]3(C)[C@@H]2C(=O)C=C2[C@@H]4C[C@@](C)(NC(=O)NS(=O)(=O)C(F)(F)F)CC[C@]4(C)CC[C@]23C)C1(C)C. The van der Waals surface area contributed by atoms with E-state index in [0.717, 1.165) is 42.4 Å². The summed E-state index contributed by atoms with van der Waals surface area (Å²) in [5, 5.41) is 2.55. The van der Waals surface area contributed by atoms with Gasteiger partial charge in [0.15, 0.2) is 5.78 Å². The molecule has 0 aromatic heterocycles. The number of sulfonamides is 1. The first-order valence-electron chi connectivity index (χ1n) is 16.2. The molecule has 45 heavy (non-hydrogen) atoms. The Morgan fingerprint density at radius 2 is 1.56 bits per heavy atom. The van der Waals surface area contributed by atoms with Crippen LogP contribution in [0.3, 0.4) is 0 Å². The first-order chi connectivity index (χ1) is 20.4. The number of ketones is 1. The summed E-state index contributed by atoms with van der Waals surface area (Å²) in [5.41, 5.74) is -6.94. The van der Waals surface area contributed by atoms with Crippen LogP contribution in [0.1, 0.15) is 113 Å². The van der Waals surface area contributed by atoms with Gasteiger partial charge in [0.1, 0.15) is 6.10 Å². The maximum atomic E-state index is 14.5. The summed E-state index contributed by atoms with van der Waals surface area (Å²) < 4.78 is 68.9. The minimum Gasteiger partial charge on any atom is -0.462 e. The average molecular weight is 659 g/mol. The highest BCUT2D eigenvalue weighted by molar-refractivity contribution is 7.90. The highest BCUT2D eigenvalue weighted by atomic mass is 32.2. The largest absolute Gasteiger partial charge is 0.516 e. The van der Waals surface area contributed by atoms with Crippen LogP contribution in [0.2, 0.25) is 0 Å². The number of carbonyl (C=O) groups is 3. The molecule has 5 aliphatic rings. The molecular formula is C33H49F3N2O6S. The van der Waals surface area contributed by atoms with E-state index in [9.17, 15) is 36.0 Å². The molecule has 0 aromatic carbocycles. The van der Waals surface area contributed by atoms with E-state index in [-0.39, 0.29) is 62.7 Å². The van der Waals surface area contributed by atoms with E-state index in [1.54, 1.807) is 6.92 Å². The van der Waals surface area contributed by atoms with Gasteiger partial charge in [-0.2, -0.15) is 21.6 Å². The molecule has 254 valence electrons. The van der Waals surface area contributed by atoms with Crippen molar-refractivity contribution in [1.29, 1.82) is 0 Å². The molecule has 5 aliphatic carbocycles. The molecule has 1 unspecified atom stereocenters. The number of hydrogen-bond acceptors (Lipinski definition) is 6. The van der Waals surface area contributed by atoms with Crippen LogP contribution in [0.25, 0.3) is 0 Å². The molecule has 4 fully saturated rings. The summed E-state index contributed by atoms with van der Waals surface area (Å²) in [7, 11) is -5.84. The summed E-state index contributed by atoms with van der Waals surface area (Å²) >= 11 is 0. The zero-order chi connectivity index (χ0) is 33.8. The second kappa shape index (κ2) is 10.2. The molecule has 0 spiro atoms. The molecule has 0 heterocycles. The summed E-state index contributed by atoms with van der Waals surface area (Å²) in [6.45, 7) is 16.5. The lowest BCUT2D eigenvalue weighted by Crippen LogP contribution is -2.67. The smallest absolute Gasteiger partial charge is 0.462 e. The molecule has 5 rings (SSSR count). The molecule has 0 aliphatic heterocycles. The van der Waals surface area contributed by atoms with Crippen molar-refractivity contribution in [3.05, 3.63) is 11.6 Å². The number of alkyl halides is 3. The number of carbonyl (C=O) groups excluding carboxylic acids is 3. The lowest BCUT2D eigenvalue weighted by atomic mass is 9.33. The molecule has 8 nitrogen and oxygen atoms in total. The van der Waals surface area contributed by atoms with Crippen LogP contribution in [-0.4, -0.2) is 43.4 Å². The van der Waals surface area contributed by atoms with Crippen molar-refractivity contribution in [2.75, 3.05) is 0 Å². The van der Waals surface area contributed by atoms with Crippen molar-refractivity contribution in [3.63, 3.8) is 0 Å². The van der Waals surface area contributed by atoms with E-state index < -0.39 is 27.1 Å². The number of fused-ring (bicyclic) bond motifs is 7. The number of allylic oxidation sites excluding steroid dienone is 2. The lowest BCUT2D eigenvalue weighted by molar-refractivity contribution is -0.210. The average Bonchev–Trinajstić information content (AvgIpc) is 2.87. The first-order valence-corrected chi connectivity index (χ1v) is 17.7. The van der Waals surface area contributed by atoms with E-state index in [4.69, 9.17) is 4.74 Å². The molecule has 4 saturated carbocycles. The number of esters is 1. The Balaban J connectivity index is 1.48. The second-order valence-corrected chi connectivity index (χ2v) is 18.4. The van der Waals surface area contributed by atoms with E-state index in [1.807, 2.05) is 6.08 Å². The predicted octanol–water partition coefficient (Wildman–Crippen LogP) is 6.80. The van der Waals surface area contributed by atoms with Gasteiger partial charge >= 0.3 is 27.5 Å². The van der Waals surface area contributed by atoms with E-state index >= 15 is 0 Å². The molecule has 2 N–H and O–H groups in total. The minimum atomic E-state index is -5.84. The normalized spacial score (nSPS) is 44.2. The van der Waals surface area contributed by atoms with Crippen molar-refractivity contribution in [2.24, 2.45) is 44.8 Å². The highest BCUT2D eigenvalue weighted by Crippen LogP contribution is 2.75. The van der Waals surface area contributed by atoms with Crippen LogP contribution in [0.5, 0.6) is 0 Å². The van der Waals surface area contributed by atoms with Crippen LogP contribution < -0.4 is 10.0 Å². The van der Waals surface area contributed by atoms with Crippen LogP contribution >= 0.6 is 0 Å². The molecule has 9 atom stereocenters. The van der Waals surface area contributed by atoms with Gasteiger partial charge in [0.25, 0.3) is 0 Å². The third kappa shape index (κ3) is 5.05. The molecule has 0 aromatic rings. The van der Waals surface area contributed by atoms with Crippen molar-refractivity contribution in [2.45, 2.75) is 130 Å². The summed E-state index contributed by atoms with van der Waals surface area (Å²) in [6, 6.07) is -1.41. The Kier molecular flexibility index (Phi) is 7.75. The Labute approximate surface area is 265 Å². The van der Waals surface area contributed by atoms with Crippen LogP contribution in [0, 0.1) is 44.8 Å². The van der Waals surface area contributed by atoms with Gasteiger partial charge in [0.2, 0.25) is 0 Å². The van der Waals surface area contributed by atoms with Gasteiger partial charge in [-0.25, -0.2) is 9.52 Å². The lowest BCUT2D eigenvalue weighted by Gasteiger charge is -2.70. The van der Waals surface area contributed by atoms with E-state index in [0.29, 0.717) is 25.7 Å². The number of hydrogen-bond donors (Lipinski definition) is 2. The molecule has 2 amide bonds. The van der Waals surface area contributed by atoms with Gasteiger partial charge in [-0.1, -0.05) is 47.1 Å². The molecular weight excluding hydrogens is 609 g/mol. The fourth-order valence-corrected chi connectivity index (χ4v) is 11.6. The van der Waals surface area contributed by atoms with Gasteiger partial charge in [0.05, 0.1) is 0 Å². The van der Waals surface area contributed by atoms with Gasteiger partial charge in [-0.15, -0.1) is 0 Å². The standard InChI is InChI=1S/C33H49F3N2O6S/c1-19(39)44-24-10-11-30(6)23(27(24,2)3)9-12-32(8)25(30)22(40)17-20-21-18-29(5,15-13-28(21,4)14-16-31(20,32)7)37-26(41)38-45(42,43)33(34,35)36/h17,21,23-25H,9-16,18H2,1-8H3,(H2,37,38,41)/t21-,23?,24-,25+,28+,29-,30-,31+,32+/m0/s1. The fraction of sp³-hybridized carbons (Fsp3) is 0.848. The summed E-state index contributed by atoms with van der Waals surface area (Å²) in [6.07, 6.45) is 8.22. The van der Waals surface area contributed by atoms with Crippen molar-refractivity contribution >= 4 is 27.8 Å². The Hall–Kier alpha value is -2.11. The van der Waals surface area contributed by atoms with Crippen molar-refractivity contribution in [3.8, 4) is 0 Å². The van der Waals surface area contributed by atoms with E-state index in [1.165, 1.54) is 6.92 Å². The second-order valence-electron chi connectivity index (χ2n) is 16.7. The maximum absolute atomic E-state index is 14.5. The number of urea groups is 1. The van der Waals surface area contributed by atoms with Crippen LogP contribution in [0.4, 0.5) is 18.0 Å². The molecule has 0 bridgehead atoms. The Morgan fingerprint density at radius 3 is 2.16 bits per heavy atom. The number of nitrogens with one attached hydrogen (secondary N) is 2. The third-order valence-corrected chi connectivity index (χ3v) is 14.8. The molecule has 12 heteroatoms. The quantitative estimate of drug-likeness (QED) is 0.322. The van der Waals surface area contributed by atoms with E-state index in [2.05, 4.69) is 46.9 Å². The maximum Gasteiger partial charge on any atom is 0.516 e. The Morgan fingerprint density at radius 1 is 0.933 bits per heavy atom. The van der Waals surface area contributed by atoms with Gasteiger partial charge in [0, 0.05) is 23.8 Å². The minimum absolute atomic E-state index is 0.109. The molecule has 0 radical (unpaired) electrons. The zero-order valence-corrected chi connectivity index (χ0v) is 28.6. The molecule has 0 saturated heterocycles. The number of amides is 2. The highest BCUT2D eigenvalue weighted by Gasteiger charge is 2.70. The number of halogens is 3. The van der Waals surface area contributed by atoms with Gasteiger partial charge < -0.3 is 10.1 Å². The van der Waals surface area contributed by atoms with Crippen LogP contribution in [-0.2, 0) is 24.3 Å². The number of ether oxygens (including phenoxy) is 1. The fourth-order valence-electron chi connectivity index (χ4n) is 11.2. The monoisotopic (exact) mass is 658 g/mol. The third-order valence-electron chi connectivity index (χ3n) is 13.8. The summed E-state index contributed by atoms with van der Waals surface area (Å²) in [5.74, 6) is -0.322. The number of rotatable bonds is 3. The topological polar surface area (TPSA) is 119 Å². The van der Waals surface area contributed by atoms with Crippen molar-refractivity contribution in [1.82, 2.24) is 10.0 Å². The summed E-state index contributed by atoms with van der Waals surface area (Å²) in [4.78, 5) is 39.0. The Bertz CT molecular complexity index is 1440. The zero-order valence-electron chi connectivity index (χ0n) is 27.7.